The van der Waals surface area contributed by atoms with Crippen molar-refractivity contribution in [3.05, 3.63) is 29.8 Å². The molecule has 3 rings (SSSR count). The lowest BCUT2D eigenvalue weighted by Crippen LogP contribution is -2.47. The maximum absolute atomic E-state index is 12.3. The first-order valence-corrected chi connectivity index (χ1v) is 7.93. The van der Waals surface area contributed by atoms with Gasteiger partial charge in [-0.25, -0.2) is 0 Å². The molecule has 0 bridgehead atoms. The molecule has 1 N–H and O–H groups in total. The van der Waals surface area contributed by atoms with Crippen LogP contribution in [-0.2, 0) is 4.79 Å². The van der Waals surface area contributed by atoms with Crippen LogP contribution in [0.15, 0.2) is 24.3 Å². The van der Waals surface area contributed by atoms with Gasteiger partial charge >= 0.3 is 0 Å². The van der Waals surface area contributed by atoms with E-state index < -0.39 is 0 Å². The van der Waals surface area contributed by atoms with Crippen LogP contribution in [0.5, 0.6) is 5.75 Å². The summed E-state index contributed by atoms with van der Waals surface area (Å²) in [6, 6.07) is 8.59. The monoisotopic (exact) mass is 324 g/mol. The Balaban J connectivity index is 0.00000176. The largest absolute Gasteiger partial charge is 0.493 e. The van der Waals surface area contributed by atoms with Gasteiger partial charge in [-0.2, -0.15) is 0 Å². The SMILES string of the molecule is Cc1cccc(OCCC(=O)N2CCC3NCCC3C2)c1.Cl. The van der Waals surface area contributed by atoms with E-state index in [4.69, 9.17) is 4.74 Å². The number of piperidine rings is 1. The topological polar surface area (TPSA) is 41.6 Å². The number of hydrogen-bond donors (Lipinski definition) is 1. The Kier molecular flexibility index (Phi) is 6.09. The predicted octanol–water partition coefficient (Wildman–Crippen LogP) is 2.40. The summed E-state index contributed by atoms with van der Waals surface area (Å²) >= 11 is 0. The molecular formula is C17H25ClN2O2. The number of carbonyl (C=O) groups excluding carboxylic acids is 1. The van der Waals surface area contributed by atoms with Crippen molar-refractivity contribution < 1.29 is 9.53 Å². The Labute approximate surface area is 138 Å². The van der Waals surface area contributed by atoms with Crippen LogP contribution in [-0.4, -0.2) is 43.1 Å². The summed E-state index contributed by atoms with van der Waals surface area (Å²) in [6.07, 6.45) is 2.77. The highest BCUT2D eigenvalue weighted by atomic mass is 35.5. The van der Waals surface area contributed by atoms with Crippen molar-refractivity contribution in [2.75, 3.05) is 26.2 Å². The summed E-state index contributed by atoms with van der Waals surface area (Å²) in [5.41, 5.74) is 1.18. The number of hydrogen-bond acceptors (Lipinski definition) is 3. The maximum Gasteiger partial charge on any atom is 0.226 e. The third kappa shape index (κ3) is 4.14. The van der Waals surface area contributed by atoms with Crippen LogP contribution in [0, 0.1) is 12.8 Å². The minimum absolute atomic E-state index is 0. The first-order chi connectivity index (χ1) is 10.2. The quantitative estimate of drug-likeness (QED) is 0.924. The smallest absolute Gasteiger partial charge is 0.226 e. The van der Waals surface area contributed by atoms with E-state index >= 15 is 0 Å². The van der Waals surface area contributed by atoms with E-state index in [0.717, 1.165) is 31.8 Å². The molecule has 2 aliphatic heterocycles. The lowest BCUT2D eigenvalue weighted by Gasteiger charge is -2.34. The minimum Gasteiger partial charge on any atom is -0.493 e. The normalized spacial score (nSPS) is 23.6. The number of benzene rings is 1. The first-order valence-electron chi connectivity index (χ1n) is 7.93. The van der Waals surface area contributed by atoms with Crippen molar-refractivity contribution in [2.45, 2.75) is 32.2 Å². The van der Waals surface area contributed by atoms with Crippen LogP contribution in [0.4, 0.5) is 0 Å². The van der Waals surface area contributed by atoms with Gasteiger partial charge in [0.05, 0.1) is 13.0 Å². The van der Waals surface area contributed by atoms with Crippen LogP contribution in [0.25, 0.3) is 0 Å². The summed E-state index contributed by atoms with van der Waals surface area (Å²) in [6.45, 7) is 5.41. The molecule has 2 unspecified atom stereocenters. The first kappa shape index (κ1) is 17.1. The fourth-order valence-corrected chi connectivity index (χ4v) is 3.39. The van der Waals surface area contributed by atoms with E-state index in [2.05, 4.69) is 5.32 Å². The number of nitrogens with one attached hydrogen (secondary N) is 1. The van der Waals surface area contributed by atoms with Gasteiger partial charge in [0, 0.05) is 19.1 Å². The number of nitrogens with zero attached hydrogens (tertiary/aromatic N) is 1. The number of rotatable bonds is 4. The van der Waals surface area contributed by atoms with E-state index in [0.29, 0.717) is 25.0 Å². The van der Waals surface area contributed by atoms with Gasteiger partial charge in [0.25, 0.3) is 0 Å². The van der Waals surface area contributed by atoms with Gasteiger partial charge in [-0.3, -0.25) is 4.79 Å². The summed E-state index contributed by atoms with van der Waals surface area (Å²) < 4.78 is 5.68. The van der Waals surface area contributed by atoms with Gasteiger partial charge in [-0.05, 0) is 49.9 Å². The lowest BCUT2D eigenvalue weighted by atomic mass is 9.93. The van der Waals surface area contributed by atoms with Crippen LogP contribution >= 0.6 is 12.4 Å². The molecule has 2 aliphatic rings. The standard InChI is InChI=1S/C17H24N2O2.ClH/c1-13-3-2-4-15(11-13)21-10-7-17(20)19-9-6-16-14(12-19)5-8-18-16;/h2-4,11,14,16,18H,5-10,12H2,1H3;1H. The molecule has 22 heavy (non-hydrogen) atoms. The van der Waals surface area contributed by atoms with Gasteiger partial charge in [0.1, 0.15) is 5.75 Å². The Bertz CT molecular complexity index is 509. The number of fused-ring (bicyclic) bond motifs is 1. The van der Waals surface area contributed by atoms with Crippen LogP contribution in [0.3, 0.4) is 0 Å². The molecule has 0 aliphatic carbocycles. The highest BCUT2D eigenvalue weighted by Gasteiger charge is 2.33. The Morgan fingerprint density at radius 2 is 2.27 bits per heavy atom. The molecular weight excluding hydrogens is 300 g/mol. The van der Waals surface area contributed by atoms with Gasteiger partial charge < -0.3 is 15.0 Å². The molecule has 1 amide bonds. The fraction of sp³-hybridized carbons (Fsp3) is 0.588. The Hall–Kier alpha value is -1.26. The number of ether oxygens (including phenoxy) is 1. The van der Waals surface area contributed by atoms with E-state index in [1.54, 1.807) is 0 Å². The molecule has 2 heterocycles. The number of likely N-dealkylation sites (tertiary alicyclic amines) is 1. The van der Waals surface area contributed by atoms with Gasteiger partial charge in [-0.1, -0.05) is 12.1 Å². The number of aryl methyl sites for hydroxylation is 1. The Morgan fingerprint density at radius 3 is 3.09 bits per heavy atom. The molecule has 4 nitrogen and oxygen atoms in total. The van der Waals surface area contributed by atoms with Crippen LogP contribution in [0.1, 0.15) is 24.8 Å². The van der Waals surface area contributed by atoms with E-state index in [1.165, 1.54) is 12.0 Å². The van der Waals surface area contributed by atoms with Crippen molar-refractivity contribution >= 4 is 18.3 Å². The fourth-order valence-electron chi connectivity index (χ4n) is 3.39. The number of halogens is 1. The molecule has 122 valence electrons. The van der Waals surface area contributed by atoms with E-state index in [1.807, 2.05) is 36.1 Å². The second-order valence-electron chi connectivity index (χ2n) is 6.15. The Morgan fingerprint density at radius 1 is 1.41 bits per heavy atom. The molecule has 0 radical (unpaired) electrons. The van der Waals surface area contributed by atoms with Crippen LogP contribution in [0.2, 0.25) is 0 Å². The average Bonchev–Trinajstić information content (AvgIpc) is 2.94. The molecule has 0 saturated carbocycles. The van der Waals surface area contributed by atoms with Crippen LogP contribution < -0.4 is 10.1 Å². The molecule has 2 atom stereocenters. The molecule has 1 aromatic rings. The average molecular weight is 325 g/mol. The summed E-state index contributed by atoms with van der Waals surface area (Å²) in [5, 5.41) is 3.53. The minimum atomic E-state index is 0. The summed E-state index contributed by atoms with van der Waals surface area (Å²) in [7, 11) is 0. The molecule has 0 aromatic heterocycles. The second-order valence-corrected chi connectivity index (χ2v) is 6.15. The summed E-state index contributed by atoms with van der Waals surface area (Å²) in [5.74, 6) is 1.73. The van der Waals surface area contributed by atoms with Gasteiger partial charge in [-0.15, -0.1) is 12.4 Å². The molecule has 1 aromatic carbocycles. The molecule has 2 fully saturated rings. The van der Waals surface area contributed by atoms with Crippen molar-refractivity contribution in [3.63, 3.8) is 0 Å². The highest BCUT2D eigenvalue weighted by Crippen LogP contribution is 2.24. The zero-order valence-corrected chi connectivity index (χ0v) is 13.9. The maximum atomic E-state index is 12.3. The second kappa shape index (κ2) is 7.84. The van der Waals surface area contributed by atoms with Crippen molar-refractivity contribution in [2.24, 2.45) is 5.92 Å². The molecule has 5 heteroatoms. The number of carbonyl (C=O) groups is 1. The lowest BCUT2D eigenvalue weighted by molar-refractivity contribution is -0.133. The van der Waals surface area contributed by atoms with E-state index in [9.17, 15) is 4.79 Å². The van der Waals surface area contributed by atoms with E-state index in [-0.39, 0.29) is 18.3 Å². The molecule has 0 spiro atoms. The zero-order valence-electron chi connectivity index (χ0n) is 13.1. The van der Waals surface area contributed by atoms with Gasteiger partial charge in [0.15, 0.2) is 0 Å². The van der Waals surface area contributed by atoms with Crippen molar-refractivity contribution in [1.82, 2.24) is 10.2 Å². The van der Waals surface area contributed by atoms with Crippen molar-refractivity contribution in [3.8, 4) is 5.75 Å². The van der Waals surface area contributed by atoms with Crippen molar-refractivity contribution in [1.29, 1.82) is 0 Å². The zero-order chi connectivity index (χ0) is 14.7. The predicted molar refractivity (Wildman–Crippen MR) is 89.6 cm³/mol. The third-order valence-electron chi connectivity index (χ3n) is 4.58. The van der Waals surface area contributed by atoms with Gasteiger partial charge in [0.2, 0.25) is 5.91 Å². The molecule has 2 saturated heterocycles. The third-order valence-corrected chi connectivity index (χ3v) is 4.58. The highest BCUT2D eigenvalue weighted by molar-refractivity contribution is 5.85. The number of amides is 1. The summed E-state index contributed by atoms with van der Waals surface area (Å²) in [4.78, 5) is 14.3.